The first-order valence-corrected chi connectivity index (χ1v) is 5.23. The van der Waals surface area contributed by atoms with Gasteiger partial charge in [0.2, 0.25) is 0 Å². The minimum absolute atomic E-state index is 0.222. The van der Waals surface area contributed by atoms with E-state index in [9.17, 15) is 4.79 Å². The average molecular weight is 247 g/mol. The van der Waals surface area contributed by atoms with Gasteiger partial charge in [-0.2, -0.15) is 0 Å². The van der Waals surface area contributed by atoms with Gasteiger partial charge in [0.25, 0.3) is 5.91 Å². The smallest absolute Gasteiger partial charge is 0.274 e. The Morgan fingerprint density at radius 1 is 1.56 bits per heavy atom. The Bertz CT molecular complexity index is 525. The van der Waals surface area contributed by atoms with Crippen LogP contribution in [0.4, 0.5) is 5.82 Å². The van der Waals surface area contributed by atoms with E-state index < -0.39 is 0 Å². The molecular weight excluding hydrogens is 234 g/mol. The van der Waals surface area contributed by atoms with Crippen LogP contribution in [0.1, 0.15) is 16.3 Å². The van der Waals surface area contributed by atoms with Crippen molar-refractivity contribution in [2.45, 2.75) is 6.54 Å². The SMILES string of the molecule is CN(Cc1ncc[nH]1)C(=O)c1cncc(NN)n1. The van der Waals surface area contributed by atoms with Crippen LogP contribution in [0.5, 0.6) is 0 Å². The Kier molecular flexibility index (Phi) is 3.49. The molecule has 2 aromatic rings. The first-order valence-electron chi connectivity index (χ1n) is 5.23. The lowest BCUT2D eigenvalue weighted by Gasteiger charge is -2.15. The van der Waals surface area contributed by atoms with Crippen molar-refractivity contribution in [3.8, 4) is 0 Å². The minimum Gasteiger partial charge on any atom is -0.347 e. The Balaban J connectivity index is 2.10. The van der Waals surface area contributed by atoms with E-state index in [0.29, 0.717) is 18.2 Å². The standard InChI is InChI=1S/C10H13N7O/c1-17(6-9-13-2-3-14-9)10(18)7-4-12-5-8(15-7)16-11/h2-5H,6,11H2,1H3,(H,13,14)(H,15,16). The molecule has 0 fully saturated rings. The maximum absolute atomic E-state index is 12.1. The fraction of sp³-hybridized carbons (Fsp3) is 0.200. The number of nitrogens with one attached hydrogen (secondary N) is 2. The molecule has 2 aromatic heterocycles. The van der Waals surface area contributed by atoms with Gasteiger partial charge in [-0.1, -0.05) is 0 Å². The number of anilines is 1. The van der Waals surface area contributed by atoms with Crippen molar-refractivity contribution >= 4 is 11.7 Å². The topological polar surface area (TPSA) is 113 Å². The third kappa shape index (κ3) is 2.61. The van der Waals surface area contributed by atoms with Crippen molar-refractivity contribution < 1.29 is 4.79 Å². The zero-order chi connectivity index (χ0) is 13.0. The second kappa shape index (κ2) is 5.23. The van der Waals surface area contributed by atoms with Crippen LogP contribution in [-0.4, -0.2) is 37.8 Å². The van der Waals surface area contributed by atoms with Gasteiger partial charge in [-0.05, 0) is 0 Å². The molecule has 4 N–H and O–H groups in total. The van der Waals surface area contributed by atoms with E-state index in [1.807, 2.05) is 0 Å². The predicted octanol–water partition coefficient (Wildman–Crippen LogP) is -0.243. The van der Waals surface area contributed by atoms with Gasteiger partial charge >= 0.3 is 0 Å². The molecule has 0 atom stereocenters. The van der Waals surface area contributed by atoms with E-state index >= 15 is 0 Å². The lowest BCUT2D eigenvalue weighted by molar-refractivity contribution is 0.0775. The van der Waals surface area contributed by atoms with Crippen LogP contribution in [-0.2, 0) is 6.54 Å². The number of rotatable bonds is 4. The van der Waals surface area contributed by atoms with Crippen molar-refractivity contribution in [2.75, 3.05) is 12.5 Å². The number of hydrazine groups is 1. The predicted molar refractivity (Wildman–Crippen MR) is 64.2 cm³/mol. The minimum atomic E-state index is -0.254. The van der Waals surface area contributed by atoms with Crippen molar-refractivity contribution in [1.29, 1.82) is 0 Å². The number of nitrogens with zero attached hydrogens (tertiary/aromatic N) is 4. The summed E-state index contributed by atoms with van der Waals surface area (Å²) in [5, 5.41) is 0. The van der Waals surface area contributed by atoms with Gasteiger partial charge < -0.3 is 15.3 Å². The Labute approximate surface area is 103 Å². The molecule has 0 aromatic carbocycles. The molecule has 0 bridgehead atoms. The van der Waals surface area contributed by atoms with Crippen LogP contribution >= 0.6 is 0 Å². The summed E-state index contributed by atoms with van der Waals surface area (Å²) < 4.78 is 0. The van der Waals surface area contributed by atoms with Crippen molar-refractivity contribution in [1.82, 2.24) is 24.8 Å². The Morgan fingerprint density at radius 3 is 3.06 bits per heavy atom. The number of imidazole rings is 1. The highest BCUT2D eigenvalue weighted by molar-refractivity contribution is 5.92. The molecule has 1 amide bonds. The molecule has 0 saturated carbocycles. The molecular formula is C10H13N7O. The molecule has 0 aliphatic rings. The summed E-state index contributed by atoms with van der Waals surface area (Å²) in [5.74, 6) is 6.00. The number of aromatic amines is 1. The maximum Gasteiger partial charge on any atom is 0.274 e. The van der Waals surface area contributed by atoms with E-state index in [2.05, 4.69) is 25.4 Å². The van der Waals surface area contributed by atoms with Crippen molar-refractivity contribution in [2.24, 2.45) is 5.84 Å². The number of hydrogen-bond acceptors (Lipinski definition) is 6. The summed E-state index contributed by atoms with van der Waals surface area (Å²) in [5.41, 5.74) is 2.57. The lowest BCUT2D eigenvalue weighted by Crippen LogP contribution is -2.28. The fourth-order valence-electron chi connectivity index (χ4n) is 1.41. The normalized spacial score (nSPS) is 10.1. The quantitative estimate of drug-likeness (QED) is 0.507. The number of H-pyrrole nitrogens is 1. The highest BCUT2D eigenvalue weighted by Crippen LogP contribution is 2.05. The van der Waals surface area contributed by atoms with E-state index in [-0.39, 0.29) is 11.6 Å². The summed E-state index contributed by atoms with van der Waals surface area (Å²) in [6.45, 7) is 0.369. The number of nitrogens with two attached hydrogens (primary N) is 1. The van der Waals surface area contributed by atoms with Crippen LogP contribution < -0.4 is 11.3 Å². The lowest BCUT2D eigenvalue weighted by atomic mass is 10.3. The highest BCUT2D eigenvalue weighted by atomic mass is 16.2. The number of carbonyl (C=O) groups is 1. The van der Waals surface area contributed by atoms with Gasteiger partial charge in [-0.3, -0.25) is 9.78 Å². The third-order valence-electron chi connectivity index (χ3n) is 2.29. The van der Waals surface area contributed by atoms with Crippen LogP contribution in [0.3, 0.4) is 0 Å². The largest absolute Gasteiger partial charge is 0.347 e. The second-order valence-electron chi connectivity index (χ2n) is 3.63. The van der Waals surface area contributed by atoms with Gasteiger partial charge in [-0.25, -0.2) is 15.8 Å². The molecule has 0 aliphatic carbocycles. The van der Waals surface area contributed by atoms with Crippen LogP contribution in [0.25, 0.3) is 0 Å². The molecule has 2 rings (SSSR count). The van der Waals surface area contributed by atoms with E-state index in [0.717, 1.165) is 0 Å². The molecule has 94 valence electrons. The van der Waals surface area contributed by atoms with E-state index in [1.165, 1.54) is 17.3 Å². The number of carbonyl (C=O) groups excluding carboxylic acids is 1. The summed E-state index contributed by atoms with van der Waals surface area (Å²) in [6, 6.07) is 0. The number of nitrogen functional groups attached to an aromatic ring is 1. The van der Waals surface area contributed by atoms with Gasteiger partial charge in [-0.15, -0.1) is 0 Å². The molecule has 18 heavy (non-hydrogen) atoms. The summed E-state index contributed by atoms with van der Waals surface area (Å²) in [7, 11) is 1.66. The Hall–Kier alpha value is -2.48. The fourth-order valence-corrected chi connectivity index (χ4v) is 1.41. The summed E-state index contributed by atoms with van der Waals surface area (Å²) >= 11 is 0. The van der Waals surface area contributed by atoms with Gasteiger partial charge in [0.15, 0.2) is 5.82 Å². The van der Waals surface area contributed by atoms with Crippen LogP contribution in [0.2, 0.25) is 0 Å². The van der Waals surface area contributed by atoms with Gasteiger partial charge in [0.05, 0.1) is 18.9 Å². The number of hydrogen-bond donors (Lipinski definition) is 3. The third-order valence-corrected chi connectivity index (χ3v) is 2.29. The van der Waals surface area contributed by atoms with Crippen LogP contribution in [0, 0.1) is 0 Å². The first-order chi connectivity index (χ1) is 8.70. The van der Waals surface area contributed by atoms with E-state index in [1.54, 1.807) is 19.4 Å². The van der Waals surface area contributed by atoms with Gasteiger partial charge in [0.1, 0.15) is 11.5 Å². The Morgan fingerprint density at radius 2 is 2.39 bits per heavy atom. The maximum atomic E-state index is 12.1. The summed E-state index contributed by atoms with van der Waals surface area (Å²) in [6.07, 6.45) is 6.16. The zero-order valence-corrected chi connectivity index (χ0v) is 9.79. The molecule has 8 heteroatoms. The number of aromatic nitrogens is 4. The first kappa shape index (κ1) is 12.0. The van der Waals surface area contributed by atoms with Crippen LogP contribution in [0.15, 0.2) is 24.8 Å². The molecule has 0 unspecified atom stereocenters. The molecule has 2 heterocycles. The van der Waals surface area contributed by atoms with E-state index in [4.69, 9.17) is 5.84 Å². The van der Waals surface area contributed by atoms with Crippen molar-refractivity contribution in [3.05, 3.63) is 36.3 Å². The second-order valence-corrected chi connectivity index (χ2v) is 3.63. The highest BCUT2D eigenvalue weighted by Gasteiger charge is 2.15. The number of amides is 1. The molecule has 8 nitrogen and oxygen atoms in total. The monoisotopic (exact) mass is 247 g/mol. The average Bonchev–Trinajstić information content (AvgIpc) is 2.90. The molecule has 0 aliphatic heterocycles. The molecule has 0 saturated heterocycles. The zero-order valence-electron chi connectivity index (χ0n) is 9.79. The molecule has 0 radical (unpaired) electrons. The summed E-state index contributed by atoms with van der Waals surface area (Å²) in [4.78, 5) is 28.4. The van der Waals surface area contributed by atoms with Gasteiger partial charge in [0, 0.05) is 19.4 Å². The van der Waals surface area contributed by atoms with Crippen molar-refractivity contribution in [3.63, 3.8) is 0 Å². The molecule has 0 spiro atoms.